The zero-order chi connectivity index (χ0) is 14.8. The summed E-state index contributed by atoms with van der Waals surface area (Å²) in [5.74, 6) is 0.768. The molecule has 0 spiro atoms. The van der Waals surface area contributed by atoms with E-state index >= 15 is 0 Å². The Balaban J connectivity index is 1.98. The normalized spacial score (nSPS) is 11.2. The second-order valence-corrected chi connectivity index (χ2v) is 5.66. The fourth-order valence-corrected chi connectivity index (χ4v) is 2.80. The van der Waals surface area contributed by atoms with Gasteiger partial charge in [-0.3, -0.25) is 4.98 Å². The number of hydrogen-bond donors (Lipinski definition) is 0. The molecule has 0 aliphatic rings. The van der Waals surface area contributed by atoms with E-state index in [9.17, 15) is 0 Å². The number of benzene rings is 1. The predicted molar refractivity (Wildman–Crippen MR) is 85.9 cm³/mol. The number of ether oxygens (including phenoxy) is 1. The van der Waals surface area contributed by atoms with Crippen molar-refractivity contribution in [3.63, 3.8) is 0 Å². The fourth-order valence-electron chi connectivity index (χ4n) is 2.58. The van der Waals surface area contributed by atoms with Crippen LogP contribution in [0.25, 0.3) is 10.9 Å². The van der Waals surface area contributed by atoms with E-state index in [1.54, 1.807) is 12.4 Å². The molecule has 0 unspecified atom stereocenters. The van der Waals surface area contributed by atoms with E-state index in [-0.39, 0.29) is 0 Å². The lowest BCUT2D eigenvalue weighted by Crippen LogP contribution is -2.08. The molecule has 21 heavy (non-hydrogen) atoms. The molecule has 0 saturated heterocycles. The lowest BCUT2D eigenvalue weighted by Gasteiger charge is -2.15. The van der Waals surface area contributed by atoms with Crippen LogP contribution < -0.4 is 4.74 Å². The van der Waals surface area contributed by atoms with Gasteiger partial charge in [0.2, 0.25) is 0 Å². The van der Waals surface area contributed by atoms with Gasteiger partial charge < -0.3 is 9.30 Å². The number of fused-ring (bicyclic) bond motifs is 1. The number of pyridine rings is 1. The third-order valence-electron chi connectivity index (χ3n) is 3.45. The van der Waals surface area contributed by atoms with E-state index in [0.29, 0.717) is 12.6 Å². The van der Waals surface area contributed by atoms with Gasteiger partial charge in [0.15, 0.2) is 0 Å². The molecule has 3 rings (SSSR count). The van der Waals surface area contributed by atoms with Crippen molar-refractivity contribution in [2.24, 2.45) is 0 Å². The summed E-state index contributed by atoms with van der Waals surface area (Å²) in [6.45, 7) is 4.82. The average Bonchev–Trinajstić information content (AvgIpc) is 2.86. The number of rotatable bonds is 4. The van der Waals surface area contributed by atoms with Crippen LogP contribution in [0.5, 0.6) is 5.75 Å². The summed E-state index contributed by atoms with van der Waals surface area (Å²) in [7, 11) is 0. The SMILES string of the molecule is CC(C)n1c(COc2cccnc2)cc2c(Cl)cccc21. The van der Waals surface area contributed by atoms with E-state index < -0.39 is 0 Å². The number of aromatic nitrogens is 2. The van der Waals surface area contributed by atoms with Crippen LogP contribution in [0.4, 0.5) is 0 Å². The van der Waals surface area contributed by atoms with E-state index in [0.717, 1.165) is 27.4 Å². The van der Waals surface area contributed by atoms with Crippen LogP contribution in [0.3, 0.4) is 0 Å². The first kappa shape index (κ1) is 14.0. The van der Waals surface area contributed by atoms with Crippen LogP contribution in [-0.4, -0.2) is 9.55 Å². The summed E-state index contributed by atoms with van der Waals surface area (Å²) in [4.78, 5) is 4.06. The Morgan fingerprint density at radius 1 is 1.24 bits per heavy atom. The van der Waals surface area contributed by atoms with Gasteiger partial charge in [0.25, 0.3) is 0 Å². The van der Waals surface area contributed by atoms with Gasteiger partial charge in [0.05, 0.1) is 17.4 Å². The molecular formula is C17H17ClN2O. The summed E-state index contributed by atoms with van der Waals surface area (Å²) in [5.41, 5.74) is 2.25. The second-order valence-electron chi connectivity index (χ2n) is 5.25. The van der Waals surface area contributed by atoms with Crippen molar-refractivity contribution in [1.82, 2.24) is 9.55 Å². The van der Waals surface area contributed by atoms with Crippen molar-refractivity contribution in [2.45, 2.75) is 26.5 Å². The maximum atomic E-state index is 6.30. The van der Waals surface area contributed by atoms with Crippen LogP contribution in [0, 0.1) is 0 Å². The highest BCUT2D eigenvalue weighted by atomic mass is 35.5. The molecule has 0 bridgehead atoms. The number of halogens is 1. The Morgan fingerprint density at radius 2 is 2.10 bits per heavy atom. The second kappa shape index (κ2) is 5.78. The van der Waals surface area contributed by atoms with Gasteiger partial charge in [0, 0.05) is 22.6 Å². The van der Waals surface area contributed by atoms with Gasteiger partial charge in [-0.15, -0.1) is 0 Å². The molecule has 3 nitrogen and oxygen atoms in total. The summed E-state index contributed by atoms with van der Waals surface area (Å²) in [5, 5.41) is 1.84. The molecule has 108 valence electrons. The fraction of sp³-hybridized carbons (Fsp3) is 0.235. The monoisotopic (exact) mass is 300 g/mol. The van der Waals surface area contributed by atoms with E-state index in [1.807, 2.05) is 24.3 Å². The minimum Gasteiger partial charge on any atom is -0.486 e. The Bertz CT molecular complexity index is 750. The van der Waals surface area contributed by atoms with Crippen molar-refractivity contribution in [3.05, 3.63) is 59.5 Å². The molecule has 0 radical (unpaired) electrons. The predicted octanol–water partition coefficient (Wildman–Crippen LogP) is 4.85. The van der Waals surface area contributed by atoms with Crippen molar-refractivity contribution in [1.29, 1.82) is 0 Å². The number of nitrogens with zero attached hydrogens (tertiary/aromatic N) is 2. The molecule has 0 aliphatic carbocycles. The smallest absolute Gasteiger partial charge is 0.138 e. The average molecular weight is 301 g/mol. The van der Waals surface area contributed by atoms with Gasteiger partial charge in [-0.1, -0.05) is 17.7 Å². The van der Waals surface area contributed by atoms with Crippen LogP contribution in [0.2, 0.25) is 5.02 Å². The van der Waals surface area contributed by atoms with Crippen LogP contribution in [0.15, 0.2) is 48.8 Å². The highest BCUT2D eigenvalue weighted by molar-refractivity contribution is 6.35. The summed E-state index contributed by atoms with van der Waals surface area (Å²) in [6.07, 6.45) is 3.45. The van der Waals surface area contributed by atoms with Crippen molar-refractivity contribution in [3.8, 4) is 5.75 Å². The van der Waals surface area contributed by atoms with Gasteiger partial charge >= 0.3 is 0 Å². The molecule has 1 aromatic carbocycles. The zero-order valence-corrected chi connectivity index (χ0v) is 12.8. The van der Waals surface area contributed by atoms with E-state index in [1.165, 1.54) is 0 Å². The Morgan fingerprint density at radius 3 is 2.81 bits per heavy atom. The molecule has 2 heterocycles. The minimum atomic E-state index is 0.341. The first-order valence-electron chi connectivity index (χ1n) is 6.98. The molecule has 0 amide bonds. The Labute approximate surface area is 129 Å². The first-order chi connectivity index (χ1) is 10.2. The van der Waals surface area contributed by atoms with Gasteiger partial charge in [0.1, 0.15) is 12.4 Å². The van der Waals surface area contributed by atoms with Crippen molar-refractivity contribution < 1.29 is 4.74 Å². The Hall–Kier alpha value is -2.00. The molecular weight excluding hydrogens is 284 g/mol. The summed E-state index contributed by atoms with van der Waals surface area (Å²) >= 11 is 6.30. The molecule has 0 fully saturated rings. The van der Waals surface area contributed by atoms with E-state index in [4.69, 9.17) is 16.3 Å². The summed E-state index contributed by atoms with van der Waals surface area (Å²) in [6, 6.07) is 12.2. The molecule has 3 aromatic rings. The maximum absolute atomic E-state index is 6.30. The standard InChI is InChI=1S/C17H17ClN2O/c1-12(2)20-13(11-21-14-5-4-8-19-10-14)9-15-16(18)6-3-7-17(15)20/h3-10,12H,11H2,1-2H3. The van der Waals surface area contributed by atoms with Gasteiger partial charge in [-0.25, -0.2) is 0 Å². The van der Waals surface area contributed by atoms with Gasteiger partial charge in [-0.05, 0) is 44.2 Å². The molecule has 0 aliphatic heterocycles. The minimum absolute atomic E-state index is 0.341. The summed E-state index contributed by atoms with van der Waals surface area (Å²) < 4.78 is 8.09. The van der Waals surface area contributed by atoms with Crippen LogP contribution >= 0.6 is 11.6 Å². The maximum Gasteiger partial charge on any atom is 0.138 e. The topological polar surface area (TPSA) is 27.1 Å². The van der Waals surface area contributed by atoms with Crippen LogP contribution in [0.1, 0.15) is 25.6 Å². The van der Waals surface area contributed by atoms with Gasteiger partial charge in [-0.2, -0.15) is 0 Å². The Kier molecular flexibility index (Phi) is 3.84. The lowest BCUT2D eigenvalue weighted by molar-refractivity contribution is 0.292. The number of hydrogen-bond acceptors (Lipinski definition) is 2. The molecule has 2 aromatic heterocycles. The third kappa shape index (κ3) is 2.74. The quantitative estimate of drug-likeness (QED) is 0.688. The zero-order valence-electron chi connectivity index (χ0n) is 12.1. The third-order valence-corrected chi connectivity index (χ3v) is 3.78. The molecule has 0 saturated carbocycles. The van der Waals surface area contributed by atoms with E-state index in [2.05, 4.69) is 35.5 Å². The molecule has 0 atom stereocenters. The molecule has 0 N–H and O–H groups in total. The largest absolute Gasteiger partial charge is 0.486 e. The van der Waals surface area contributed by atoms with Crippen molar-refractivity contribution >= 4 is 22.5 Å². The molecule has 4 heteroatoms. The first-order valence-corrected chi connectivity index (χ1v) is 7.36. The van der Waals surface area contributed by atoms with Crippen LogP contribution in [-0.2, 0) is 6.61 Å². The highest BCUT2D eigenvalue weighted by Gasteiger charge is 2.13. The van der Waals surface area contributed by atoms with Crippen molar-refractivity contribution in [2.75, 3.05) is 0 Å². The highest BCUT2D eigenvalue weighted by Crippen LogP contribution is 2.30. The lowest BCUT2D eigenvalue weighted by atomic mass is 10.2.